The molecule has 0 aliphatic heterocycles. The van der Waals surface area contributed by atoms with Crippen molar-refractivity contribution in [2.45, 2.75) is 59.1 Å². The number of carbonyl (C=O) groups excluding carboxylic acids is 1. The molecule has 112 valence electrons. The van der Waals surface area contributed by atoms with Crippen LogP contribution in [0.4, 0.5) is 4.79 Å². The number of amidine groups is 1. The van der Waals surface area contributed by atoms with Crippen molar-refractivity contribution in [2.24, 2.45) is 5.73 Å². The molecular weight excluding hydrogens is 250 g/mol. The topological polar surface area (TPSA) is 126 Å². The van der Waals surface area contributed by atoms with Crippen LogP contribution in [0.2, 0.25) is 0 Å². The zero-order valence-corrected chi connectivity index (χ0v) is 12.2. The van der Waals surface area contributed by atoms with Crippen molar-refractivity contribution in [3.05, 3.63) is 0 Å². The fraction of sp³-hybridized carbons (Fsp3) is 0.750. The average Bonchev–Trinajstić information content (AvgIpc) is 2.12. The van der Waals surface area contributed by atoms with E-state index in [1.54, 1.807) is 20.8 Å². The van der Waals surface area contributed by atoms with E-state index in [2.05, 4.69) is 5.32 Å². The molecule has 0 saturated carbocycles. The zero-order valence-electron chi connectivity index (χ0n) is 12.2. The molecule has 19 heavy (non-hydrogen) atoms. The number of carboxylic acids is 1. The molecular formula is C12H25N3O4. The van der Waals surface area contributed by atoms with Crippen LogP contribution in [0.1, 0.15) is 47.5 Å². The van der Waals surface area contributed by atoms with Crippen molar-refractivity contribution in [3.8, 4) is 0 Å². The standard InChI is InChI=1S/C10H21N3O2.C2H4O2/c1-5-6-7(8(11)12)13-9(14)15-10(2,3)4;1-2(3)4/h7H,5-6H2,1-4H3,(H3,11,12)(H,13,14);1H3,(H,3,4). The minimum Gasteiger partial charge on any atom is -0.481 e. The van der Waals surface area contributed by atoms with E-state index < -0.39 is 23.7 Å². The fourth-order valence-corrected chi connectivity index (χ4v) is 1.04. The van der Waals surface area contributed by atoms with Gasteiger partial charge in [-0.25, -0.2) is 4.79 Å². The molecule has 1 unspecified atom stereocenters. The lowest BCUT2D eigenvalue weighted by molar-refractivity contribution is -0.134. The van der Waals surface area contributed by atoms with E-state index in [4.69, 9.17) is 25.8 Å². The number of aliphatic carboxylic acids is 1. The van der Waals surface area contributed by atoms with Crippen LogP contribution in [-0.2, 0) is 9.53 Å². The number of amides is 1. The number of hydrogen-bond donors (Lipinski definition) is 4. The Balaban J connectivity index is 0. The first-order valence-corrected chi connectivity index (χ1v) is 6.02. The Morgan fingerprint density at radius 3 is 2.11 bits per heavy atom. The third-order valence-electron chi connectivity index (χ3n) is 1.64. The molecule has 0 bridgehead atoms. The number of ether oxygens (including phenoxy) is 1. The molecule has 0 heterocycles. The number of nitrogens with two attached hydrogens (primary N) is 1. The number of alkyl carbamates (subject to hydrolysis) is 1. The summed E-state index contributed by atoms with van der Waals surface area (Å²) in [7, 11) is 0. The monoisotopic (exact) mass is 275 g/mol. The Morgan fingerprint density at radius 2 is 1.84 bits per heavy atom. The maximum atomic E-state index is 11.4. The maximum Gasteiger partial charge on any atom is 0.408 e. The summed E-state index contributed by atoms with van der Waals surface area (Å²) in [6.07, 6.45) is 0.963. The highest BCUT2D eigenvalue weighted by atomic mass is 16.6. The fourth-order valence-electron chi connectivity index (χ4n) is 1.04. The van der Waals surface area contributed by atoms with Gasteiger partial charge in [-0.05, 0) is 27.2 Å². The van der Waals surface area contributed by atoms with Gasteiger partial charge in [0.25, 0.3) is 5.97 Å². The SMILES string of the molecule is CC(=O)O.CCCC(NC(=O)OC(C)(C)C)C(=N)N. The highest BCUT2D eigenvalue weighted by Gasteiger charge is 2.20. The number of rotatable bonds is 4. The molecule has 0 aliphatic carbocycles. The van der Waals surface area contributed by atoms with Gasteiger partial charge >= 0.3 is 6.09 Å². The molecule has 0 fully saturated rings. The van der Waals surface area contributed by atoms with Crippen molar-refractivity contribution >= 4 is 17.9 Å². The van der Waals surface area contributed by atoms with E-state index in [9.17, 15) is 4.79 Å². The van der Waals surface area contributed by atoms with E-state index in [-0.39, 0.29) is 5.84 Å². The van der Waals surface area contributed by atoms with Crippen molar-refractivity contribution < 1.29 is 19.4 Å². The van der Waals surface area contributed by atoms with Gasteiger partial charge in [-0.15, -0.1) is 0 Å². The minimum atomic E-state index is -0.833. The molecule has 0 radical (unpaired) electrons. The van der Waals surface area contributed by atoms with Gasteiger partial charge in [-0.2, -0.15) is 0 Å². The van der Waals surface area contributed by atoms with Crippen LogP contribution in [0.3, 0.4) is 0 Å². The Bertz CT molecular complexity index is 307. The van der Waals surface area contributed by atoms with Crippen LogP contribution < -0.4 is 11.1 Å². The van der Waals surface area contributed by atoms with Crippen LogP contribution in [0.5, 0.6) is 0 Å². The van der Waals surface area contributed by atoms with Gasteiger partial charge in [0.05, 0.1) is 6.04 Å². The number of carboxylic acid groups (broad SMARTS) is 1. The van der Waals surface area contributed by atoms with Crippen LogP contribution in [0.25, 0.3) is 0 Å². The average molecular weight is 275 g/mol. The highest BCUT2D eigenvalue weighted by Crippen LogP contribution is 2.07. The minimum absolute atomic E-state index is 0.0392. The van der Waals surface area contributed by atoms with Crippen LogP contribution in [0.15, 0.2) is 0 Å². The Morgan fingerprint density at radius 1 is 1.42 bits per heavy atom. The van der Waals surface area contributed by atoms with E-state index in [1.165, 1.54) is 0 Å². The van der Waals surface area contributed by atoms with Crippen LogP contribution in [-0.4, -0.2) is 34.6 Å². The quantitative estimate of drug-likeness (QED) is 0.459. The smallest absolute Gasteiger partial charge is 0.408 e. The molecule has 0 aliphatic rings. The van der Waals surface area contributed by atoms with Crippen molar-refractivity contribution in [3.63, 3.8) is 0 Å². The summed E-state index contributed by atoms with van der Waals surface area (Å²) >= 11 is 0. The summed E-state index contributed by atoms with van der Waals surface area (Å²) < 4.78 is 5.06. The first kappa shape index (κ1) is 19.5. The predicted molar refractivity (Wildman–Crippen MR) is 73.3 cm³/mol. The lowest BCUT2D eigenvalue weighted by Gasteiger charge is -2.22. The molecule has 0 aromatic rings. The third kappa shape index (κ3) is 16.2. The molecule has 7 nitrogen and oxygen atoms in total. The maximum absolute atomic E-state index is 11.4. The van der Waals surface area contributed by atoms with Gasteiger partial charge in [0.15, 0.2) is 0 Å². The first-order valence-electron chi connectivity index (χ1n) is 6.02. The second-order valence-corrected chi connectivity index (χ2v) is 4.96. The number of nitrogens with one attached hydrogen (secondary N) is 2. The Labute approximate surface area is 114 Å². The largest absolute Gasteiger partial charge is 0.481 e. The lowest BCUT2D eigenvalue weighted by atomic mass is 10.1. The summed E-state index contributed by atoms with van der Waals surface area (Å²) in [6.45, 7) is 8.41. The second-order valence-electron chi connectivity index (χ2n) is 4.96. The molecule has 1 atom stereocenters. The first-order chi connectivity index (χ1) is 8.49. The molecule has 0 aromatic carbocycles. The molecule has 0 aromatic heterocycles. The Hall–Kier alpha value is -1.79. The van der Waals surface area contributed by atoms with Gasteiger partial charge in [0, 0.05) is 6.92 Å². The van der Waals surface area contributed by atoms with Gasteiger partial charge in [-0.3, -0.25) is 10.2 Å². The van der Waals surface area contributed by atoms with Gasteiger partial charge in [-0.1, -0.05) is 13.3 Å². The van der Waals surface area contributed by atoms with E-state index >= 15 is 0 Å². The molecule has 0 rings (SSSR count). The van der Waals surface area contributed by atoms with Crippen LogP contribution in [0, 0.1) is 5.41 Å². The normalized spacial score (nSPS) is 11.6. The molecule has 1 amide bonds. The van der Waals surface area contributed by atoms with E-state index in [0.717, 1.165) is 13.3 Å². The molecule has 0 spiro atoms. The van der Waals surface area contributed by atoms with E-state index in [1.807, 2.05) is 6.92 Å². The molecule has 7 heteroatoms. The van der Waals surface area contributed by atoms with E-state index in [0.29, 0.717) is 6.42 Å². The van der Waals surface area contributed by atoms with Crippen molar-refractivity contribution in [1.29, 1.82) is 5.41 Å². The third-order valence-corrected chi connectivity index (χ3v) is 1.64. The summed E-state index contributed by atoms with van der Waals surface area (Å²) in [5, 5.41) is 17.3. The number of carbonyl (C=O) groups is 2. The highest BCUT2D eigenvalue weighted by molar-refractivity contribution is 5.86. The van der Waals surface area contributed by atoms with Gasteiger partial charge < -0.3 is 20.9 Å². The summed E-state index contributed by atoms with van der Waals surface area (Å²) in [5.41, 5.74) is 4.82. The zero-order chi connectivity index (χ0) is 15.6. The van der Waals surface area contributed by atoms with Gasteiger partial charge in [0.1, 0.15) is 11.4 Å². The second kappa shape index (κ2) is 9.18. The predicted octanol–water partition coefficient (Wildman–Crippen LogP) is 1.71. The molecule has 0 saturated heterocycles. The Kier molecular flexibility index (Phi) is 9.45. The van der Waals surface area contributed by atoms with Crippen molar-refractivity contribution in [2.75, 3.05) is 0 Å². The van der Waals surface area contributed by atoms with Crippen LogP contribution >= 0.6 is 0 Å². The molecule has 5 N–H and O–H groups in total. The lowest BCUT2D eigenvalue weighted by Crippen LogP contribution is -2.45. The van der Waals surface area contributed by atoms with Crippen molar-refractivity contribution in [1.82, 2.24) is 5.32 Å². The summed E-state index contributed by atoms with van der Waals surface area (Å²) in [4.78, 5) is 20.4. The van der Waals surface area contributed by atoms with Gasteiger partial charge in [0.2, 0.25) is 0 Å². The summed E-state index contributed by atoms with van der Waals surface area (Å²) in [5.74, 6) is -0.872. The number of hydrogen-bond acceptors (Lipinski definition) is 4. The summed E-state index contributed by atoms with van der Waals surface area (Å²) in [6, 6.07) is -0.426.